The summed E-state index contributed by atoms with van der Waals surface area (Å²) in [6.45, 7) is 1.80. The number of benzene rings is 2. The number of anilines is 1. The van der Waals surface area contributed by atoms with Gasteiger partial charge in [-0.2, -0.15) is 13.2 Å². The second-order valence-electron chi connectivity index (χ2n) is 4.84. The number of carbonyl (C=O) groups excluding carboxylic acids is 1. The Hall–Kier alpha value is -2.15. The van der Waals surface area contributed by atoms with Gasteiger partial charge < -0.3 is 5.73 Å². The summed E-state index contributed by atoms with van der Waals surface area (Å²) in [6, 6.07) is 13.1. The van der Waals surface area contributed by atoms with E-state index in [2.05, 4.69) is 0 Å². The highest BCUT2D eigenvalue weighted by atomic mass is 32.2. The predicted molar refractivity (Wildman–Crippen MR) is 86.0 cm³/mol. The van der Waals surface area contributed by atoms with Crippen LogP contribution in [0, 0.1) is 0 Å². The van der Waals surface area contributed by atoms with Gasteiger partial charge >= 0.3 is 12.2 Å². The van der Waals surface area contributed by atoms with Crippen LogP contribution in [0.2, 0.25) is 0 Å². The molecule has 0 aliphatic rings. The Balaban J connectivity index is 2.16. The molecule has 0 radical (unpaired) electrons. The van der Waals surface area contributed by atoms with Gasteiger partial charge in [0.25, 0.3) is 0 Å². The molecule has 1 unspecified atom stereocenters. The Bertz CT molecular complexity index is 659. The number of carbonyl (C=O) groups is 1. The molecule has 0 fully saturated rings. The molecule has 0 spiro atoms. The van der Waals surface area contributed by atoms with E-state index >= 15 is 0 Å². The number of halogens is 3. The van der Waals surface area contributed by atoms with Crippen molar-refractivity contribution >= 4 is 23.7 Å². The standard InChI is InChI=1S/C16H15F3N2OS/c1-11(12-7-9-13(10-8-12)16(17,18)19)23-21(15(20)22)14-5-3-2-4-6-14/h2-11H,1H3,(H2,20,22). The normalized spacial score (nSPS) is 12.7. The molecule has 7 heteroatoms. The largest absolute Gasteiger partial charge is 0.416 e. The molecule has 0 aliphatic heterocycles. The number of amides is 2. The molecule has 0 aliphatic carbocycles. The average molecular weight is 340 g/mol. The maximum atomic E-state index is 12.6. The quantitative estimate of drug-likeness (QED) is 0.796. The molecular formula is C16H15F3N2OS. The Labute approximate surface area is 136 Å². The Kier molecular flexibility index (Phi) is 5.20. The van der Waals surface area contributed by atoms with Crippen LogP contribution in [-0.2, 0) is 6.18 Å². The van der Waals surface area contributed by atoms with Crippen LogP contribution in [0.3, 0.4) is 0 Å². The fraction of sp³-hybridized carbons (Fsp3) is 0.188. The predicted octanol–water partition coefficient (Wildman–Crippen LogP) is 5.00. The molecule has 0 heterocycles. The zero-order valence-corrected chi connectivity index (χ0v) is 13.1. The van der Waals surface area contributed by atoms with Crippen LogP contribution in [-0.4, -0.2) is 6.03 Å². The number of hydrogen-bond acceptors (Lipinski definition) is 2. The molecule has 0 saturated heterocycles. The summed E-state index contributed by atoms with van der Waals surface area (Å²) < 4.78 is 39.1. The van der Waals surface area contributed by atoms with Crippen molar-refractivity contribution in [1.29, 1.82) is 0 Å². The van der Waals surface area contributed by atoms with E-state index in [1.165, 1.54) is 16.4 Å². The van der Waals surface area contributed by atoms with Crippen molar-refractivity contribution in [2.24, 2.45) is 5.73 Å². The molecule has 2 rings (SSSR count). The highest BCUT2D eigenvalue weighted by Crippen LogP contribution is 2.36. The molecule has 0 bridgehead atoms. The van der Waals surface area contributed by atoms with Crippen molar-refractivity contribution in [2.45, 2.75) is 18.3 Å². The zero-order valence-electron chi connectivity index (χ0n) is 12.2. The number of urea groups is 1. The maximum absolute atomic E-state index is 12.6. The molecule has 3 nitrogen and oxygen atoms in total. The van der Waals surface area contributed by atoms with E-state index in [1.807, 2.05) is 6.07 Å². The second-order valence-corrected chi connectivity index (χ2v) is 6.12. The summed E-state index contributed by atoms with van der Waals surface area (Å²) >= 11 is 1.15. The lowest BCUT2D eigenvalue weighted by Gasteiger charge is -2.23. The first kappa shape index (κ1) is 17.2. The summed E-state index contributed by atoms with van der Waals surface area (Å²) in [7, 11) is 0. The summed E-state index contributed by atoms with van der Waals surface area (Å²) in [5.41, 5.74) is 5.98. The minimum Gasteiger partial charge on any atom is -0.350 e. The smallest absolute Gasteiger partial charge is 0.350 e. The number of alkyl halides is 3. The van der Waals surface area contributed by atoms with E-state index in [-0.39, 0.29) is 5.25 Å². The third kappa shape index (κ3) is 4.41. The highest BCUT2D eigenvalue weighted by Gasteiger charge is 2.30. The highest BCUT2D eigenvalue weighted by molar-refractivity contribution is 8.01. The monoisotopic (exact) mass is 340 g/mol. The van der Waals surface area contributed by atoms with Gasteiger partial charge in [-0.25, -0.2) is 9.10 Å². The Morgan fingerprint density at radius 3 is 2.13 bits per heavy atom. The number of nitrogens with two attached hydrogens (primary N) is 1. The Morgan fingerprint density at radius 2 is 1.65 bits per heavy atom. The first-order chi connectivity index (χ1) is 10.8. The SMILES string of the molecule is CC(SN(C(N)=O)c1ccccc1)c1ccc(C(F)(F)F)cc1. The van der Waals surface area contributed by atoms with E-state index < -0.39 is 17.8 Å². The molecule has 122 valence electrons. The van der Waals surface area contributed by atoms with Crippen LogP contribution < -0.4 is 10.0 Å². The van der Waals surface area contributed by atoms with Gasteiger partial charge in [0, 0.05) is 5.25 Å². The molecule has 1 atom stereocenters. The summed E-state index contributed by atoms with van der Waals surface area (Å²) in [5, 5.41) is -0.245. The van der Waals surface area contributed by atoms with Crippen LogP contribution in [0.4, 0.5) is 23.7 Å². The van der Waals surface area contributed by atoms with Gasteiger partial charge in [0.05, 0.1) is 11.3 Å². The molecular weight excluding hydrogens is 325 g/mol. The number of para-hydroxylation sites is 1. The average Bonchev–Trinajstić information content (AvgIpc) is 2.52. The lowest BCUT2D eigenvalue weighted by Crippen LogP contribution is -2.30. The molecule has 0 saturated carbocycles. The van der Waals surface area contributed by atoms with Crippen molar-refractivity contribution in [1.82, 2.24) is 0 Å². The maximum Gasteiger partial charge on any atom is 0.416 e. The fourth-order valence-corrected chi connectivity index (χ4v) is 2.91. The molecule has 0 aromatic heterocycles. The van der Waals surface area contributed by atoms with E-state index in [0.29, 0.717) is 11.3 Å². The van der Waals surface area contributed by atoms with Crippen molar-refractivity contribution in [3.63, 3.8) is 0 Å². The van der Waals surface area contributed by atoms with Gasteiger partial charge in [0.2, 0.25) is 0 Å². The van der Waals surface area contributed by atoms with Gasteiger partial charge in [-0.05, 0) is 48.7 Å². The minimum absolute atomic E-state index is 0.245. The van der Waals surface area contributed by atoms with Crippen molar-refractivity contribution in [3.8, 4) is 0 Å². The first-order valence-electron chi connectivity index (χ1n) is 6.77. The fourth-order valence-electron chi connectivity index (χ4n) is 1.97. The van der Waals surface area contributed by atoms with Gasteiger partial charge in [-0.1, -0.05) is 30.3 Å². The molecule has 2 aromatic carbocycles. The zero-order chi connectivity index (χ0) is 17.0. The van der Waals surface area contributed by atoms with Gasteiger partial charge in [-0.3, -0.25) is 0 Å². The van der Waals surface area contributed by atoms with Gasteiger partial charge in [0.15, 0.2) is 0 Å². The van der Waals surface area contributed by atoms with Crippen LogP contribution in [0.1, 0.15) is 23.3 Å². The molecule has 2 aromatic rings. The van der Waals surface area contributed by atoms with E-state index in [0.717, 1.165) is 24.1 Å². The van der Waals surface area contributed by atoms with Crippen LogP contribution in [0.25, 0.3) is 0 Å². The lowest BCUT2D eigenvalue weighted by molar-refractivity contribution is -0.137. The van der Waals surface area contributed by atoms with Crippen molar-refractivity contribution in [3.05, 3.63) is 65.7 Å². The first-order valence-corrected chi connectivity index (χ1v) is 7.61. The van der Waals surface area contributed by atoms with E-state index in [9.17, 15) is 18.0 Å². The number of nitrogens with zero attached hydrogens (tertiary/aromatic N) is 1. The topological polar surface area (TPSA) is 46.3 Å². The minimum atomic E-state index is -4.36. The number of hydrogen-bond donors (Lipinski definition) is 1. The van der Waals surface area contributed by atoms with Gasteiger partial charge in [-0.15, -0.1) is 0 Å². The van der Waals surface area contributed by atoms with E-state index in [1.54, 1.807) is 31.2 Å². The van der Waals surface area contributed by atoms with E-state index in [4.69, 9.17) is 5.73 Å². The summed E-state index contributed by atoms with van der Waals surface area (Å²) in [4.78, 5) is 11.6. The third-order valence-electron chi connectivity index (χ3n) is 3.16. The lowest BCUT2D eigenvalue weighted by atomic mass is 10.1. The third-order valence-corrected chi connectivity index (χ3v) is 4.35. The number of primary amides is 1. The van der Waals surface area contributed by atoms with Gasteiger partial charge in [0.1, 0.15) is 0 Å². The second kappa shape index (κ2) is 6.95. The molecule has 2 amide bonds. The van der Waals surface area contributed by atoms with Crippen molar-refractivity contribution in [2.75, 3.05) is 4.31 Å². The van der Waals surface area contributed by atoms with Crippen LogP contribution in [0.15, 0.2) is 54.6 Å². The number of rotatable bonds is 4. The molecule has 2 N–H and O–H groups in total. The summed E-state index contributed by atoms with van der Waals surface area (Å²) in [5.74, 6) is 0. The van der Waals surface area contributed by atoms with Crippen LogP contribution >= 0.6 is 11.9 Å². The van der Waals surface area contributed by atoms with Crippen LogP contribution in [0.5, 0.6) is 0 Å². The molecule has 23 heavy (non-hydrogen) atoms. The Morgan fingerprint density at radius 1 is 1.09 bits per heavy atom. The summed E-state index contributed by atoms with van der Waals surface area (Å²) in [6.07, 6.45) is -4.36. The van der Waals surface area contributed by atoms with Crippen molar-refractivity contribution < 1.29 is 18.0 Å².